The van der Waals surface area contributed by atoms with Gasteiger partial charge in [0.2, 0.25) is 0 Å². The van der Waals surface area contributed by atoms with Gasteiger partial charge in [0, 0.05) is 11.0 Å². The molecule has 1 aliphatic rings. The molecule has 0 amide bonds. The number of esters is 1. The Labute approximate surface area is 88.6 Å². The van der Waals surface area contributed by atoms with Crippen molar-refractivity contribution in [1.29, 1.82) is 0 Å². The van der Waals surface area contributed by atoms with Crippen LogP contribution in [0, 0.1) is 0 Å². The molecular formula is C9H16N4O2. The van der Waals surface area contributed by atoms with Crippen LogP contribution in [0.15, 0.2) is 5.11 Å². The van der Waals surface area contributed by atoms with Crippen LogP contribution in [0.25, 0.3) is 10.4 Å². The number of carbonyl (C=O) groups excluding carboxylic acids is 1. The van der Waals surface area contributed by atoms with Gasteiger partial charge in [0.15, 0.2) is 0 Å². The van der Waals surface area contributed by atoms with E-state index in [0.29, 0.717) is 6.04 Å². The average Bonchev–Trinajstić information content (AvgIpc) is 2.75. The summed E-state index contributed by atoms with van der Waals surface area (Å²) in [6.45, 7) is 0.111. The average molecular weight is 212 g/mol. The second kappa shape index (κ2) is 6.27. The first-order valence-electron chi connectivity index (χ1n) is 5.12. The molecule has 1 saturated carbocycles. The molecule has 0 aromatic carbocycles. The molecule has 0 bridgehead atoms. The molecule has 0 spiro atoms. The van der Waals surface area contributed by atoms with Crippen LogP contribution < -0.4 is 5.32 Å². The number of rotatable bonds is 5. The number of methoxy groups -OCH3 is 1. The summed E-state index contributed by atoms with van der Waals surface area (Å²) in [6, 6.07) is -0.156. The van der Waals surface area contributed by atoms with Crippen molar-refractivity contribution in [2.75, 3.05) is 13.7 Å². The van der Waals surface area contributed by atoms with E-state index in [9.17, 15) is 4.79 Å². The predicted octanol–water partition coefficient (Wildman–Crippen LogP) is 1.37. The maximum Gasteiger partial charge on any atom is 0.322 e. The minimum absolute atomic E-state index is 0.111. The summed E-state index contributed by atoms with van der Waals surface area (Å²) in [5.74, 6) is -0.366. The number of carbonyl (C=O) groups is 1. The van der Waals surface area contributed by atoms with Crippen LogP contribution in [0.4, 0.5) is 0 Å². The summed E-state index contributed by atoms with van der Waals surface area (Å²) in [6.07, 6.45) is 4.52. The Morgan fingerprint density at radius 3 is 2.87 bits per heavy atom. The summed E-state index contributed by atoms with van der Waals surface area (Å²) in [4.78, 5) is 14.0. The van der Waals surface area contributed by atoms with Crippen LogP contribution >= 0.6 is 0 Å². The Hall–Kier alpha value is -1.26. The number of hydrogen-bond acceptors (Lipinski definition) is 4. The highest BCUT2D eigenvalue weighted by Gasteiger charge is 2.23. The third kappa shape index (κ3) is 3.77. The second-order valence-electron chi connectivity index (χ2n) is 3.64. The summed E-state index contributed by atoms with van der Waals surface area (Å²) in [5, 5.41) is 6.56. The van der Waals surface area contributed by atoms with E-state index in [0.717, 1.165) is 12.8 Å². The Morgan fingerprint density at radius 2 is 2.33 bits per heavy atom. The third-order valence-electron chi connectivity index (χ3n) is 2.61. The fourth-order valence-electron chi connectivity index (χ4n) is 1.83. The van der Waals surface area contributed by atoms with Crippen LogP contribution in [0.1, 0.15) is 25.7 Å². The zero-order chi connectivity index (χ0) is 11.1. The van der Waals surface area contributed by atoms with Gasteiger partial charge in [0.05, 0.1) is 13.7 Å². The molecule has 0 aromatic rings. The summed E-state index contributed by atoms with van der Waals surface area (Å²) in [7, 11) is 1.34. The van der Waals surface area contributed by atoms with Crippen molar-refractivity contribution < 1.29 is 9.53 Å². The van der Waals surface area contributed by atoms with Crippen molar-refractivity contribution in [2.24, 2.45) is 5.11 Å². The standard InChI is InChI=1S/C9H16N4O2/c1-15-9(14)8(6-11-13-10)12-7-4-2-3-5-7/h7-8,12H,2-6H2,1H3. The topological polar surface area (TPSA) is 87.1 Å². The lowest BCUT2D eigenvalue weighted by Crippen LogP contribution is -2.44. The van der Waals surface area contributed by atoms with E-state index in [1.807, 2.05) is 0 Å². The maximum absolute atomic E-state index is 11.3. The van der Waals surface area contributed by atoms with Crippen LogP contribution in [0.3, 0.4) is 0 Å². The van der Waals surface area contributed by atoms with Crippen molar-refractivity contribution in [3.63, 3.8) is 0 Å². The van der Waals surface area contributed by atoms with Crippen LogP contribution in [0.2, 0.25) is 0 Å². The fraction of sp³-hybridized carbons (Fsp3) is 0.889. The number of hydrogen-bond donors (Lipinski definition) is 1. The van der Waals surface area contributed by atoms with Gasteiger partial charge in [-0.05, 0) is 18.4 Å². The van der Waals surface area contributed by atoms with Gasteiger partial charge in [-0.1, -0.05) is 18.0 Å². The fourth-order valence-corrected chi connectivity index (χ4v) is 1.83. The summed E-state index contributed by atoms with van der Waals surface area (Å²) >= 11 is 0. The normalized spacial score (nSPS) is 18.2. The minimum Gasteiger partial charge on any atom is -0.468 e. The molecule has 1 N–H and O–H groups in total. The highest BCUT2D eigenvalue weighted by Crippen LogP contribution is 2.18. The number of azide groups is 1. The van der Waals surface area contributed by atoms with Gasteiger partial charge in [-0.15, -0.1) is 0 Å². The van der Waals surface area contributed by atoms with E-state index in [-0.39, 0.29) is 12.5 Å². The van der Waals surface area contributed by atoms with Gasteiger partial charge < -0.3 is 10.1 Å². The van der Waals surface area contributed by atoms with Crippen molar-refractivity contribution in [3.8, 4) is 0 Å². The van der Waals surface area contributed by atoms with Crippen LogP contribution in [0.5, 0.6) is 0 Å². The Bertz CT molecular complexity index is 257. The second-order valence-corrected chi connectivity index (χ2v) is 3.64. The molecule has 1 rings (SSSR count). The van der Waals surface area contributed by atoms with E-state index in [1.165, 1.54) is 20.0 Å². The Kier molecular flexibility index (Phi) is 4.93. The van der Waals surface area contributed by atoms with E-state index < -0.39 is 6.04 Å². The predicted molar refractivity (Wildman–Crippen MR) is 55.2 cm³/mol. The van der Waals surface area contributed by atoms with Crippen molar-refractivity contribution in [3.05, 3.63) is 10.4 Å². The molecule has 0 radical (unpaired) electrons. The Morgan fingerprint density at radius 1 is 1.67 bits per heavy atom. The van der Waals surface area contributed by atoms with Gasteiger partial charge >= 0.3 is 5.97 Å². The van der Waals surface area contributed by atoms with Gasteiger partial charge in [0.1, 0.15) is 6.04 Å². The van der Waals surface area contributed by atoms with Gasteiger partial charge in [-0.3, -0.25) is 4.79 Å². The van der Waals surface area contributed by atoms with Crippen LogP contribution in [-0.4, -0.2) is 31.7 Å². The highest BCUT2D eigenvalue weighted by atomic mass is 16.5. The van der Waals surface area contributed by atoms with Gasteiger partial charge in [-0.2, -0.15) is 0 Å². The van der Waals surface area contributed by atoms with E-state index >= 15 is 0 Å². The molecule has 0 heterocycles. The molecule has 1 aliphatic carbocycles. The third-order valence-corrected chi connectivity index (χ3v) is 2.61. The van der Waals surface area contributed by atoms with E-state index in [4.69, 9.17) is 5.53 Å². The molecule has 1 unspecified atom stereocenters. The van der Waals surface area contributed by atoms with Crippen LogP contribution in [-0.2, 0) is 9.53 Å². The Balaban J connectivity index is 2.46. The van der Waals surface area contributed by atoms with E-state index in [2.05, 4.69) is 20.1 Å². The first-order chi connectivity index (χ1) is 7.27. The zero-order valence-electron chi connectivity index (χ0n) is 8.85. The van der Waals surface area contributed by atoms with Gasteiger partial charge in [-0.25, -0.2) is 0 Å². The lowest BCUT2D eigenvalue weighted by atomic mass is 10.2. The molecule has 1 atom stereocenters. The van der Waals surface area contributed by atoms with Crippen molar-refractivity contribution >= 4 is 5.97 Å². The highest BCUT2D eigenvalue weighted by molar-refractivity contribution is 5.76. The molecule has 0 aromatic heterocycles. The molecule has 1 fully saturated rings. The molecule has 6 nitrogen and oxygen atoms in total. The number of nitrogens with one attached hydrogen (secondary N) is 1. The lowest BCUT2D eigenvalue weighted by Gasteiger charge is -2.18. The molecule has 0 saturated heterocycles. The van der Waals surface area contributed by atoms with E-state index in [1.54, 1.807) is 0 Å². The lowest BCUT2D eigenvalue weighted by molar-refractivity contribution is -0.143. The first kappa shape index (κ1) is 11.8. The maximum atomic E-state index is 11.3. The quantitative estimate of drug-likeness (QED) is 0.323. The van der Waals surface area contributed by atoms with Gasteiger partial charge in [0.25, 0.3) is 0 Å². The first-order valence-corrected chi connectivity index (χ1v) is 5.12. The molecule has 84 valence electrons. The smallest absolute Gasteiger partial charge is 0.322 e. The SMILES string of the molecule is COC(=O)C(CN=[N+]=[N-])NC1CCCC1. The molecule has 6 heteroatoms. The largest absolute Gasteiger partial charge is 0.468 e. The number of nitrogens with zero attached hydrogens (tertiary/aromatic N) is 3. The van der Waals surface area contributed by atoms with Crippen molar-refractivity contribution in [1.82, 2.24) is 5.32 Å². The molecule has 15 heavy (non-hydrogen) atoms. The zero-order valence-corrected chi connectivity index (χ0v) is 8.85. The summed E-state index contributed by atoms with van der Waals surface area (Å²) in [5.41, 5.74) is 8.21. The van der Waals surface area contributed by atoms with Crippen molar-refractivity contribution in [2.45, 2.75) is 37.8 Å². The number of ether oxygens (including phenoxy) is 1. The molecule has 0 aliphatic heterocycles. The summed E-state index contributed by atoms with van der Waals surface area (Å²) < 4.78 is 4.63. The monoisotopic (exact) mass is 212 g/mol. The molecular weight excluding hydrogens is 196 g/mol. The minimum atomic E-state index is -0.506.